The molecule has 1 aliphatic rings. The van der Waals surface area contributed by atoms with Crippen molar-refractivity contribution in [1.82, 2.24) is 15.2 Å². The van der Waals surface area contributed by atoms with Gasteiger partial charge in [-0.15, -0.1) is 0 Å². The first-order chi connectivity index (χ1) is 20.2. The van der Waals surface area contributed by atoms with Crippen LogP contribution in [-0.2, 0) is 43.4 Å². The molecule has 0 spiro atoms. The molecule has 0 aliphatic carbocycles. The van der Waals surface area contributed by atoms with Gasteiger partial charge in [-0.2, -0.15) is 0 Å². The standard InChI is InChI=1S/C33H41N3O6/c1-22-30(20-36(4)18-16-29-7-5-6-17-34-29)41-33(42-31(22)27-12-10-26(21-37)11-13-27)28-14-8-25(9-15-28)19-35-32(39)23(2)40-24(3)38/h5-15,17,22-23,30-31,33,37H,16,18-21H2,1-4H3,(H,35,39)/t22-,23-,30+,31+,33+/m0/s1. The van der Waals surface area contributed by atoms with E-state index in [-0.39, 0.29) is 30.6 Å². The fraction of sp³-hybridized carbons (Fsp3) is 0.424. The molecule has 42 heavy (non-hydrogen) atoms. The van der Waals surface area contributed by atoms with Crippen LogP contribution in [0.5, 0.6) is 0 Å². The number of esters is 1. The largest absolute Gasteiger partial charge is 0.453 e. The zero-order valence-electron chi connectivity index (χ0n) is 24.7. The molecule has 9 heteroatoms. The second-order valence-corrected chi connectivity index (χ2v) is 10.9. The van der Waals surface area contributed by atoms with E-state index in [1.54, 1.807) is 6.92 Å². The van der Waals surface area contributed by atoms with Crippen LogP contribution in [0.15, 0.2) is 72.9 Å². The zero-order valence-corrected chi connectivity index (χ0v) is 24.7. The lowest BCUT2D eigenvalue weighted by molar-refractivity contribution is -0.275. The predicted molar refractivity (Wildman–Crippen MR) is 158 cm³/mol. The van der Waals surface area contributed by atoms with Gasteiger partial charge in [0.2, 0.25) is 0 Å². The SMILES string of the molecule is CC(=O)O[C@@H](C)C(=O)NCc1ccc([C@@H]2O[C@H](CN(C)CCc3ccccn3)[C@H](C)[C@H](c3ccc(CO)cc3)O2)cc1. The minimum absolute atomic E-state index is 0.00769. The van der Waals surface area contributed by atoms with Crippen LogP contribution >= 0.6 is 0 Å². The number of hydrogen-bond donors (Lipinski definition) is 2. The van der Waals surface area contributed by atoms with Crippen LogP contribution < -0.4 is 5.32 Å². The Bertz CT molecular complexity index is 1290. The summed E-state index contributed by atoms with van der Waals surface area (Å²) in [4.78, 5) is 30.0. The molecule has 0 radical (unpaired) electrons. The number of rotatable bonds is 12. The van der Waals surface area contributed by atoms with Gasteiger partial charge in [0.1, 0.15) is 0 Å². The van der Waals surface area contributed by atoms with Crippen LogP contribution in [0.25, 0.3) is 0 Å². The lowest BCUT2D eigenvalue weighted by Crippen LogP contribution is -2.44. The number of carbonyl (C=O) groups excluding carboxylic acids is 2. The summed E-state index contributed by atoms with van der Waals surface area (Å²) >= 11 is 0. The van der Waals surface area contributed by atoms with E-state index < -0.39 is 18.4 Å². The maximum Gasteiger partial charge on any atom is 0.303 e. The molecule has 1 saturated heterocycles. The van der Waals surface area contributed by atoms with E-state index >= 15 is 0 Å². The third-order valence-electron chi connectivity index (χ3n) is 7.52. The number of aromatic nitrogens is 1. The van der Waals surface area contributed by atoms with Crippen LogP contribution in [0.4, 0.5) is 0 Å². The molecule has 9 nitrogen and oxygen atoms in total. The summed E-state index contributed by atoms with van der Waals surface area (Å²) in [7, 11) is 2.10. The quantitative estimate of drug-likeness (QED) is 0.311. The van der Waals surface area contributed by atoms with Crippen molar-refractivity contribution in [3.8, 4) is 0 Å². The molecule has 0 unspecified atom stereocenters. The molecule has 2 aromatic carbocycles. The summed E-state index contributed by atoms with van der Waals surface area (Å²) in [6.07, 6.45) is 0.941. The van der Waals surface area contributed by atoms with Crippen LogP contribution in [-0.4, -0.2) is 59.2 Å². The predicted octanol–water partition coefficient (Wildman–Crippen LogP) is 4.11. The second kappa shape index (κ2) is 15.0. The van der Waals surface area contributed by atoms with Crippen molar-refractivity contribution in [2.45, 2.75) is 64.9 Å². The van der Waals surface area contributed by atoms with Crippen LogP contribution in [0.1, 0.15) is 61.1 Å². The van der Waals surface area contributed by atoms with Crippen molar-refractivity contribution in [3.05, 3.63) is 101 Å². The fourth-order valence-electron chi connectivity index (χ4n) is 5.01. The average molecular weight is 576 g/mol. The molecule has 224 valence electrons. The van der Waals surface area contributed by atoms with Crippen molar-refractivity contribution in [2.75, 3.05) is 20.1 Å². The Hall–Kier alpha value is -3.63. The Morgan fingerprint density at radius 1 is 1.02 bits per heavy atom. The van der Waals surface area contributed by atoms with Gasteiger partial charge < -0.3 is 29.5 Å². The Morgan fingerprint density at radius 2 is 1.71 bits per heavy atom. The van der Waals surface area contributed by atoms with Crippen molar-refractivity contribution >= 4 is 11.9 Å². The van der Waals surface area contributed by atoms with Gasteiger partial charge >= 0.3 is 5.97 Å². The van der Waals surface area contributed by atoms with Crippen molar-refractivity contribution in [3.63, 3.8) is 0 Å². The highest BCUT2D eigenvalue weighted by molar-refractivity contribution is 5.82. The van der Waals surface area contributed by atoms with Crippen molar-refractivity contribution in [1.29, 1.82) is 0 Å². The number of aliphatic hydroxyl groups is 1. The topological polar surface area (TPSA) is 110 Å². The highest BCUT2D eigenvalue weighted by Crippen LogP contribution is 2.41. The van der Waals surface area contributed by atoms with E-state index in [0.29, 0.717) is 6.54 Å². The molecule has 3 aromatic rings. The first-order valence-electron chi connectivity index (χ1n) is 14.4. The highest BCUT2D eigenvalue weighted by Gasteiger charge is 2.38. The summed E-state index contributed by atoms with van der Waals surface area (Å²) in [6, 6.07) is 21.6. The molecular weight excluding hydrogens is 534 g/mol. The molecule has 2 N–H and O–H groups in total. The van der Waals surface area contributed by atoms with Crippen LogP contribution in [0.2, 0.25) is 0 Å². The number of likely N-dealkylation sites (N-methyl/N-ethyl adjacent to an activating group) is 1. The van der Waals surface area contributed by atoms with Gasteiger partial charge in [-0.3, -0.25) is 14.6 Å². The van der Waals surface area contributed by atoms with Gasteiger partial charge in [0, 0.05) is 56.4 Å². The fourth-order valence-corrected chi connectivity index (χ4v) is 5.01. The number of pyridine rings is 1. The Morgan fingerprint density at radius 3 is 2.36 bits per heavy atom. The van der Waals surface area contributed by atoms with E-state index in [2.05, 4.69) is 29.2 Å². The second-order valence-electron chi connectivity index (χ2n) is 10.9. The molecule has 4 rings (SSSR count). The van der Waals surface area contributed by atoms with Gasteiger partial charge in [-0.05, 0) is 42.8 Å². The van der Waals surface area contributed by atoms with Gasteiger partial charge in [0.05, 0.1) is 18.8 Å². The van der Waals surface area contributed by atoms with Crippen molar-refractivity contribution < 1.29 is 28.9 Å². The van der Waals surface area contributed by atoms with E-state index in [1.807, 2.05) is 72.9 Å². The number of carbonyl (C=O) groups is 2. The lowest BCUT2D eigenvalue weighted by Gasteiger charge is -2.42. The number of hydrogen-bond acceptors (Lipinski definition) is 8. The molecule has 1 amide bonds. The van der Waals surface area contributed by atoms with Gasteiger partial charge in [0.25, 0.3) is 5.91 Å². The molecular formula is C33H41N3O6. The summed E-state index contributed by atoms with van der Waals surface area (Å²) in [5, 5.41) is 12.3. The number of amides is 1. The Labute approximate surface area is 247 Å². The van der Waals surface area contributed by atoms with E-state index in [9.17, 15) is 14.7 Å². The molecule has 0 bridgehead atoms. The first kappa shape index (κ1) is 31.3. The number of benzene rings is 2. The van der Waals surface area contributed by atoms with E-state index in [1.165, 1.54) is 6.92 Å². The molecule has 1 fully saturated rings. The van der Waals surface area contributed by atoms with Crippen LogP contribution in [0.3, 0.4) is 0 Å². The third kappa shape index (κ3) is 8.69. The van der Waals surface area contributed by atoms with Gasteiger partial charge in [0.15, 0.2) is 12.4 Å². The number of nitrogens with one attached hydrogen (secondary N) is 1. The number of nitrogens with zero attached hydrogens (tertiary/aromatic N) is 2. The number of aliphatic hydroxyl groups excluding tert-OH is 1. The average Bonchev–Trinajstić information content (AvgIpc) is 3.00. The normalized spacial score (nSPS) is 21.1. The molecule has 1 aromatic heterocycles. The highest BCUT2D eigenvalue weighted by atomic mass is 16.7. The number of ether oxygens (including phenoxy) is 3. The van der Waals surface area contributed by atoms with Crippen molar-refractivity contribution in [2.24, 2.45) is 5.92 Å². The Balaban J connectivity index is 1.45. The summed E-state index contributed by atoms with van der Waals surface area (Å²) in [5.74, 6) is -0.774. The lowest BCUT2D eigenvalue weighted by atomic mass is 9.90. The Kier molecular flexibility index (Phi) is 11.2. The van der Waals surface area contributed by atoms with Gasteiger partial charge in [-0.1, -0.05) is 61.5 Å². The maximum atomic E-state index is 12.2. The minimum atomic E-state index is -0.852. The molecule has 5 atom stereocenters. The molecule has 1 aliphatic heterocycles. The monoisotopic (exact) mass is 575 g/mol. The maximum absolute atomic E-state index is 12.2. The zero-order chi connectivity index (χ0) is 30.1. The summed E-state index contributed by atoms with van der Waals surface area (Å²) in [6.45, 7) is 6.84. The summed E-state index contributed by atoms with van der Waals surface area (Å²) < 4.78 is 18.1. The van der Waals surface area contributed by atoms with Crippen LogP contribution in [0, 0.1) is 5.92 Å². The van der Waals surface area contributed by atoms with Gasteiger partial charge in [-0.25, -0.2) is 0 Å². The summed E-state index contributed by atoms with van der Waals surface area (Å²) in [5.41, 5.74) is 4.72. The molecule has 0 saturated carbocycles. The van der Waals surface area contributed by atoms with E-state index in [4.69, 9.17) is 14.2 Å². The minimum Gasteiger partial charge on any atom is -0.453 e. The van der Waals surface area contributed by atoms with E-state index in [0.717, 1.165) is 47.5 Å². The molecule has 2 heterocycles. The third-order valence-corrected chi connectivity index (χ3v) is 7.52. The smallest absolute Gasteiger partial charge is 0.303 e. The first-order valence-corrected chi connectivity index (χ1v) is 14.4.